The molecule has 1 aromatic carbocycles. The van der Waals surface area contributed by atoms with E-state index in [2.05, 4.69) is 10.1 Å². The van der Waals surface area contributed by atoms with Crippen molar-refractivity contribution in [2.24, 2.45) is 4.99 Å². The Bertz CT molecular complexity index is 1060. The predicted molar refractivity (Wildman–Crippen MR) is 113 cm³/mol. The van der Waals surface area contributed by atoms with Crippen LogP contribution in [0.25, 0.3) is 0 Å². The van der Waals surface area contributed by atoms with Crippen molar-refractivity contribution in [3.05, 3.63) is 52.1 Å². The van der Waals surface area contributed by atoms with Crippen LogP contribution in [0.15, 0.2) is 23.2 Å². The molecule has 32 heavy (non-hydrogen) atoms. The van der Waals surface area contributed by atoms with E-state index in [1.54, 1.807) is 15.8 Å². The number of halogens is 4. The molecule has 0 aliphatic carbocycles. The first-order valence-electron chi connectivity index (χ1n) is 10.8. The summed E-state index contributed by atoms with van der Waals surface area (Å²) >= 11 is 0. The summed E-state index contributed by atoms with van der Waals surface area (Å²) in [7, 11) is 0. The highest BCUT2D eigenvalue weighted by molar-refractivity contribution is 5.97. The number of alkyl halides is 3. The van der Waals surface area contributed by atoms with Gasteiger partial charge in [-0.25, -0.2) is 4.39 Å². The average molecular weight is 450 g/mol. The van der Waals surface area contributed by atoms with Crippen LogP contribution in [-0.2, 0) is 18.1 Å². The molecule has 1 aromatic heterocycles. The fourth-order valence-electron chi connectivity index (χ4n) is 4.57. The number of aromatic nitrogens is 2. The molecule has 0 unspecified atom stereocenters. The molecule has 0 radical (unpaired) electrons. The van der Waals surface area contributed by atoms with Gasteiger partial charge in [0.05, 0.1) is 16.8 Å². The molecule has 0 saturated carbocycles. The van der Waals surface area contributed by atoms with E-state index in [0.29, 0.717) is 18.7 Å². The zero-order valence-electron chi connectivity index (χ0n) is 18.3. The largest absolute Gasteiger partial charge is 0.416 e. The van der Waals surface area contributed by atoms with E-state index in [-0.39, 0.29) is 42.9 Å². The minimum absolute atomic E-state index is 0.234. The van der Waals surface area contributed by atoms with Crippen LogP contribution in [0.3, 0.4) is 0 Å². The Kier molecular flexibility index (Phi) is 5.63. The quantitative estimate of drug-likeness (QED) is 0.618. The summed E-state index contributed by atoms with van der Waals surface area (Å²) in [6.07, 6.45) is -1.73. The van der Waals surface area contributed by atoms with E-state index in [0.717, 1.165) is 29.5 Å². The third-order valence-corrected chi connectivity index (χ3v) is 6.11. The molecule has 1 fully saturated rings. The van der Waals surface area contributed by atoms with E-state index in [1.807, 2.05) is 20.8 Å². The molecule has 2 aliphatic heterocycles. The van der Waals surface area contributed by atoms with Crippen LogP contribution in [-0.4, -0.2) is 46.4 Å². The summed E-state index contributed by atoms with van der Waals surface area (Å²) in [6, 6.07) is 3.07. The van der Waals surface area contributed by atoms with Crippen LogP contribution in [0.2, 0.25) is 0 Å². The van der Waals surface area contributed by atoms with Gasteiger partial charge in [-0.3, -0.25) is 14.5 Å². The van der Waals surface area contributed by atoms with Gasteiger partial charge in [0.2, 0.25) is 0 Å². The number of carbonyl (C=O) groups is 1. The third-order valence-electron chi connectivity index (χ3n) is 6.11. The molecule has 4 rings (SSSR count). The Morgan fingerprint density at radius 2 is 1.81 bits per heavy atom. The van der Waals surface area contributed by atoms with Crippen molar-refractivity contribution in [1.82, 2.24) is 14.7 Å². The van der Waals surface area contributed by atoms with Crippen LogP contribution in [0, 0.1) is 5.82 Å². The maximum absolute atomic E-state index is 14.4. The van der Waals surface area contributed by atoms with Crippen molar-refractivity contribution in [3.63, 3.8) is 0 Å². The number of carbonyl (C=O) groups excluding carboxylic acids is 1. The Balaban J connectivity index is 1.57. The monoisotopic (exact) mass is 450 g/mol. The van der Waals surface area contributed by atoms with E-state index in [4.69, 9.17) is 0 Å². The zero-order chi connectivity index (χ0) is 23.3. The van der Waals surface area contributed by atoms with Crippen LogP contribution in [0.5, 0.6) is 0 Å². The van der Waals surface area contributed by atoms with Gasteiger partial charge in [-0.05, 0) is 58.1 Å². The van der Waals surface area contributed by atoms with Crippen molar-refractivity contribution in [3.8, 4) is 0 Å². The lowest BCUT2D eigenvalue weighted by atomic mass is 9.85. The number of piperidine rings is 1. The van der Waals surface area contributed by atoms with Gasteiger partial charge in [-0.15, -0.1) is 0 Å². The molecular formula is C23H26F4N4O. The van der Waals surface area contributed by atoms with Crippen molar-refractivity contribution in [2.45, 2.75) is 57.7 Å². The molecule has 0 atom stereocenters. The first kappa shape index (κ1) is 22.5. The lowest BCUT2D eigenvalue weighted by Crippen LogP contribution is -2.39. The minimum atomic E-state index is -4.62. The van der Waals surface area contributed by atoms with E-state index < -0.39 is 23.5 Å². The van der Waals surface area contributed by atoms with Crippen LogP contribution in [0.4, 0.5) is 17.6 Å². The second kappa shape index (κ2) is 8.01. The summed E-state index contributed by atoms with van der Waals surface area (Å²) in [4.78, 5) is 19.2. The number of hydrogen-bond donors (Lipinski definition) is 0. The van der Waals surface area contributed by atoms with Crippen molar-refractivity contribution < 1.29 is 22.4 Å². The fraction of sp³-hybridized carbons (Fsp3) is 0.522. The maximum atomic E-state index is 14.4. The molecule has 172 valence electrons. The molecule has 5 nitrogen and oxygen atoms in total. The van der Waals surface area contributed by atoms with Crippen molar-refractivity contribution >= 4 is 12.1 Å². The fourth-order valence-corrected chi connectivity index (χ4v) is 4.57. The van der Waals surface area contributed by atoms with Crippen LogP contribution >= 0.6 is 0 Å². The standard InChI is InChI=1S/C23H26F4N4O/c1-22(2,3)31-18-13-28-10-7-15(18)20(29-31)21(32)30-11-8-14(9-12-30)19-16(23(25,26)27)5-4-6-17(19)24/h4-6,13-14H,7-12H2,1-3H3. The molecule has 1 amide bonds. The number of hydrogen-bond acceptors (Lipinski definition) is 3. The number of rotatable bonds is 2. The molecule has 0 spiro atoms. The van der Waals surface area contributed by atoms with Crippen molar-refractivity contribution in [1.29, 1.82) is 0 Å². The number of likely N-dealkylation sites (tertiary alicyclic amines) is 1. The minimum Gasteiger partial charge on any atom is -0.337 e. The highest BCUT2D eigenvalue weighted by Gasteiger charge is 2.38. The third kappa shape index (κ3) is 4.04. The molecule has 2 aliphatic rings. The predicted octanol–water partition coefficient (Wildman–Crippen LogP) is 4.79. The van der Waals surface area contributed by atoms with Crippen LogP contribution < -0.4 is 0 Å². The number of amides is 1. The van der Waals surface area contributed by atoms with Gasteiger partial charge >= 0.3 is 6.18 Å². The van der Waals surface area contributed by atoms with Gasteiger partial charge in [-0.1, -0.05) is 6.07 Å². The second-order valence-corrected chi connectivity index (χ2v) is 9.35. The number of benzene rings is 1. The lowest BCUT2D eigenvalue weighted by Gasteiger charge is -2.33. The second-order valence-electron chi connectivity index (χ2n) is 9.35. The summed E-state index contributed by atoms with van der Waals surface area (Å²) in [5, 5.41) is 4.60. The lowest BCUT2D eigenvalue weighted by molar-refractivity contribution is -0.138. The molecule has 1 saturated heterocycles. The molecule has 2 aromatic rings. The Morgan fingerprint density at radius 1 is 1.12 bits per heavy atom. The van der Waals surface area contributed by atoms with E-state index in [1.165, 1.54) is 0 Å². The van der Waals surface area contributed by atoms with Gasteiger partial charge < -0.3 is 4.90 Å². The summed E-state index contributed by atoms with van der Waals surface area (Å²) < 4.78 is 56.4. The van der Waals surface area contributed by atoms with Crippen LogP contribution in [0.1, 0.15) is 72.4 Å². The highest BCUT2D eigenvalue weighted by atomic mass is 19.4. The summed E-state index contributed by atoms with van der Waals surface area (Å²) in [5.74, 6) is -1.67. The summed E-state index contributed by atoms with van der Waals surface area (Å²) in [6.45, 7) is 7.07. The number of fused-ring (bicyclic) bond motifs is 1. The molecule has 9 heteroatoms. The van der Waals surface area contributed by atoms with Gasteiger partial charge in [0.25, 0.3) is 5.91 Å². The average Bonchev–Trinajstić information content (AvgIpc) is 3.13. The topological polar surface area (TPSA) is 50.5 Å². The summed E-state index contributed by atoms with van der Waals surface area (Å²) in [5.41, 5.74) is 0.495. The van der Waals surface area contributed by atoms with E-state index >= 15 is 0 Å². The molecule has 0 bridgehead atoms. The van der Waals surface area contributed by atoms with Gasteiger partial charge in [-0.2, -0.15) is 18.3 Å². The molecule has 0 N–H and O–H groups in total. The first-order valence-corrected chi connectivity index (χ1v) is 10.8. The zero-order valence-corrected chi connectivity index (χ0v) is 18.3. The SMILES string of the molecule is CC(C)(C)n1nc(C(=O)N2CCC(c3c(F)cccc3C(F)(F)F)CC2)c2c1C=NCC2. The maximum Gasteiger partial charge on any atom is 0.416 e. The number of aliphatic imine (C=N–C) groups is 1. The van der Waals surface area contributed by atoms with Gasteiger partial charge in [0.15, 0.2) is 5.69 Å². The Morgan fingerprint density at radius 3 is 2.44 bits per heavy atom. The molecular weight excluding hydrogens is 424 g/mol. The van der Waals surface area contributed by atoms with E-state index in [9.17, 15) is 22.4 Å². The number of nitrogens with zero attached hydrogens (tertiary/aromatic N) is 4. The first-order chi connectivity index (χ1) is 15.0. The highest BCUT2D eigenvalue weighted by Crippen LogP contribution is 2.40. The van der Waals surface area contributed by atoms with Gasteiger partial charge in [0.1, 0.15) is 5.82 Å². The smallest absolute Gasteiger partial charge is 0.337 e. The van der Waals surface area contributed by atoms with Crippen molar-refractivity contribution in [2.75, 3.05) is 19.6 Å². The Hall–Kier alpha value is -2.71. The Labute approximate surface area is 184 Å². The normalized spacial score (nSPS) is 17.5. The van der Waals surface area contributed by atoms with Gasteiger partial charge in [0, 0.05) is 37.0 Å². The molecule has 3 heterocycles.